The highest BCUT2D eigenvalue weighted by Crippen LogP contribution is 2.39. The van der Waals surface area contributed by atoms with Crippen LogP contribution in [0.1, 0.15) is 75.3 Å². The zero-order chi connectivity index (χ0) is 13.8. The van der Waals surface area contributed by atoms with Gasteiger partial charge in [0.1, 0.15) is 0 Å². The van der Waals surface area contributed by atoms with Gasteiger partial charge in [-0.25, -0.2) is 0 Å². The van der Waals surface area contributed by atoms with E-state index in [0.717, 1.165) is 18.4 Å². The fourth-order valence-corrected chi connectivity index (χ4v) is 3.58. The molecule has 0 heterocycles. The topological polar surface area (TPSA) is 12.0 Å². The summed E-state index contributed by atoms with van der Waals surface area (Å²) < 4.78 is 0. The Bertz CT molecular complexity index is 396. The largest absolute Gasteiger partial charge is 0.310 e. The highest BCUT2D eigenvalue weighted by molar-refractivity contribution is 5.28. The maximum atomic E-state index is 3.76. The Labute approximate surface area is 124 Å². The highest BCUT2D eigenvalue weighted by atomic mass is 14.9. The first-order valence-electron chi connectivity index (χ1n) is 8.65. The third kappa shape index (κ3) is 3.85. The SMILES string of the molecule is C[C@H](NCc1ccc(C2CC2)cc1)C1CCCCCC1. The standard InChI is InChI=1S/C19H29N/c1-15(17-6-4-2-3-5-7-17)20-14-16-8-10-18(11-9-16)19-12-13-19/h8-11,15,17,19-20H,2-7,12-14H2,1H3/t15-/m0/s1. The summed E-state index contributed by atoms with van der Waals surface area (Å²) in [5.74, 6) is 1.77. The van der Waals surface area contributed by atoms with Crippen LogP contribution in [-0.2, 0) is 6.54 Å². The number of benzene rings is 1. The molecule has 20 heavy (non-hydrogen) atoms. The van der Waals surface area contributed by atoms with Crippen LogP contribution < -0.4 is 5.32 Å². The van der Waals surface area contributed by atoms with E-state index in [4.69, 9.17) is 0 Å². The van der Waals surface area contributed by atoms with Gasteiger partial charge in [0, 0.05) is 12.6 Å². The normalized spacial score (nSPS) is 22.4. The maximum absolute atomic E-state index is 3.76. The van der Waals surface area contributed by atoms with Crippen LogP contribution in [0.15, 0.2) is 24.3 Å². The van der Waals surface area contributed by atoms with Crippen LogP contribution in [0.5, 0.6) is 0 Å². The lowest BCUT2D eigenvalue weighted by atomic mass is 9.93. The van der Waals surface area contributed by atoms with Crippen LogP contribution in [0.2, 0.25) is 0 Å². The first-order chi connectivity index (χ1) is 9.83. The number of hydrogen-bond donors (Lipinski definition) is 1. The summed E-state index contributed by atoms with van der Waals surface area (Å²) in [6, 6.07) is 9.98. The molecule has 110 valence electrons. The molecule has 2 aliphatic carbocycles. The van der Waals surface area contributed by atoms with Crippen LogP contribution in [0.4, 0.5) is 0 Å². The summed E-state index contributed by atoms with van der Waals surface area (Å²) in [4.78, 5) is 0. The third-order valence-electron chi connectivity index (χ3n) is 5.26. The predicted octanol–water partition coefficient (Wildman–Crippen LogP) is 5.01. The molecule has 1 nitrogen and oxygen atoms in total. The Balaban J connectivity index is 1.47. The Morgan fingerprint density at radius 2 is 1.60 bits per heavy atom. The van der Waals surface area contributed by atoms with E-state index < -0.39 is 0 Å². The van der Waals surface area contributed by atoms with Gasteiger partial charge in [0.2, 0.25) is 0 Å². The van der Waals surface area contributed by atoms with Crippen molar-refractivity contribution < 1.29 is 0 Å². The molecule has 2 aliphatic rings. The second-order valence-electron chi connectivity index (χ2n) is 6.94. The van der Waals surface area contributed by atoms with E-state index in [-0.39, 0.29) is 0 Å². The average Bonchev–Trinajstić information content (AvgIpc) is 3.31. The lowest BCUT2D eigenvalue weighted by molar-refractivity contribution is 0.336. The quantitative estimate of drug-likeness (QED) is 0.742. The van der Waals surface area contributed by atoms with E-state index in [9.17, 15) is 0 Å². The van der Waals surface area contributed by atoms with Gasteiger partial charge in [-0.2, -0.15) is 0 Å². The average molecular weight is 271 g/mol. The molecule has 0 aliphatic heterocycles. The van der Waals surface area contributed by atoms with Crippen molar-refractivity contribution in [1.82, 2.24) is 5.32 Å². The summed E-state index contributed by atoms with van der Waals surface area (Å²) >= 11 is 0. The van der Waals surface area contributed by atoms with Crippen molar-refractivity contribution in [2.24, 2.45) is 5.92 Å². The molecule has 0 spiro atoms. The van der Waals surface area contributed by atoms with Crippen LogP contribution in [-0.4, -0.2) is 6.04 Å². The van der Waals surface area contributed by atoms with Crippen molar-refractivity contribution in [3.05, 3.63) is 35.4 Å². The van der Waals surface area contributed by atoms with Gasteiger partial charge in [-0.05, 0) is 55.6 Å². The minimum absolute atomic E-state index is 0.663. The molecule has 0 saturated heterocycles. The molecule has 0 amide bonds. The van der Waals surface area contributed by atoms with Crippen molar-refractivity contribution in [2.75, 3.05) is 0 Å². The predicted molar refractivity (Wildman–Crippen MR) is 85.9 cm³/mol. The van der Waals surface area contributed by atoms with Gasteiger partial charge in [0.05, 0.1) is 0 Å². The van der Waals surface area contributed by atoms with Gasteiger partial charge >= 0.3 is 0 Å². The van der Waals surface area contributed by atoms with E-state index >= 15 is 0 Å². The van der Waals surface area contributed by atoms with E-state index in [2.05, 4.69) is 36.5 Å². The second kappa shape index (κ2) is 6.76. The zero-order valence-electron chi connectivity index (χ0n) is 12.9. The van der Waals surface area contributed by atoms with E-state index in [1.54, 1.807) is 5.56 Å². The van der Waals surface area contributed by atoms with Crippen LogP contribution in [0, 0.1) is 5.92 Å². The molecule has 0 radical (unpaired) electrons. The summed E-state index contributed by atoms with van der Waals surface area (Å²) in [5.41, 5.74) is 2.99. The van der Waals surface area contributed by atoms with Gasteiger partial charge < -0.3 is 5.32 Å². The van der Waals surface area contributed by atoms with E-state index in [0.29, 0.717) is 6.04 Å². The summed E-state index contributed by atoms with van der Waals surface area (Å²) in [6.45, 7) is 3.41. The van der Waals surface area contributed by atoms with Crippen molar-refractivity contribution in [1.29, 1.82) is 0 Å². The Morgan fingerprint density at radius 3 is 2.20 bits per heavy atom. The lowest BCUT2D eigenvalue weighted by Gasteiger charge is -2.23. The minimum atomic E-state index is 0.663. The van der Waals surface area contributed by atoms with Crippen LogP contribution in [0.25, 0.3) is 0 Å². The molecule has 1 heteroatoms. The van der Waals surface area contributed by atoms with E-state index in [1.165, 1.54) is 56.9 Å². The third-order valence-corrected chi connectivity index (χ3v) is 5.26. The lowest BCUT2D eigenvalue weighted by Crippen LogP contribution is -2.32. The van der Waals surface area contributed by atoms with Crippen molar-refractivity contribution >= 4 is 0 Å². The summed E-state index contributed by atoms with van der Waals surface area (Å²) in [6.07, 6.45) is 11.4. The molecule has 0 bridgehead atoms. The molecule has 3 rings (SSSR count). The first-order valence-corrected chi connectivity index (χ1v) is 8.65. The monoisotopic (exact) mass is 271 g/mol. The fourth-order valence-electron chi connectivity index (χ4n) is 3.58. The molecule has 2 fully saturated rings. The Hall–Kier alpha value is -0.820. The van der Waals surface area contributed by atoms with Gasteiger partial charge in [0.25, 0.3) is 0 Å². The van der Waals surface area contributed by atoms with Gasteiger partial charge in [-0.3, -0.25) is 0 Å². The molecule has 1 atom stereocenters. The fraction of sp³-hybridized carbons (Fsp3) is 0.684. The molecule has 1 aromatic carbocycles. The summed E-state index contributed by atoms with van der Waals surface area (Å²) in [5, 5.41) is 3.76. The molecular formula is C19H29N. The van der Waals surface area contributed by atoms with Crippen molar-refractivity contribution in [3.63, 3.8) is 0 Å². The molecule has 1 aromatic rings. The molecule has 2 saturated carbocycles. The summed E-state index contributed by atoms with van der Waals surface area (Å²) in [7, 11) is 0. The molecular weight excluding hydrogens is 242 g/mol. The maximum Gasteiger partial charge on any atom is 0.0208 e. The van der Waals surface area contributed by atoms with E-state index in [1.807, 2.05) is 0 Å². The van der Waals surface area contributed by atoms with Crippen LogP contribution in [0.3, 0.4) is 0 Å². The minimum Gasteiger partial charge on any atom is -0.310 e. The Morgan fingerprint density at radius 1 is 0.950 bits per heavy atom. The zero-order valence-corrected chi connectivity index (χ0v) is 12.9. The van der Waals surface area contributed by atoms with Gasteiger partial charge in [0.15, 0.2) is 0 Å². The van der Waals surface area contributed by atoms with Crippen LogP contribution >= 0.6 is 0 Å². The van der Waals surface area contributed by atoms with Gasteiger partial charge in [-0.15, -0.1) is 0 Å². The number of rotatable bonds is 5. The second-order valence-corrected chi connectivity index (χ2v) is 6.94. The van der Waals surface area contributed by atoms with Gasteiger partial charge in [-0.1, -0.05) is 49.9 Å². The highest BCUT2D eigenvalue weighted by Gasteiger charge is 2.23. The number of nitrogens with one attached hydrogen (secondary N) is 1. The molecule has 0 unspecified atom stereocenters. The smallest absolute Gasteiger partial charge is 0.0208 e. The first kappa shape index (κ1) is 14.1. The Kier molecular flexibility index (Phi) is 4.77. The molecule has 0 aromatic heterocycles. The molecule has 1 N–H and O–H groups in total. The van der Waals surface area contributed by atoms with Crippen molar-refractivity contribution in [3.8, 4) is 0 Å². The number of hydrogen-bond acceptors (Lipinski definition) is 1. The van der Waals surface area contributed by atoms with Crippen molar-refractivity contribution in [2.45, 2.75) is 76.8 Å².